The predicted molar refractivity (Wildman–Crippen MR) is 69.3 cm³/mol. The summed E-state index contributed by atoms with van der Waals surface area (Å²) in [5.41, 5.74) is 1.52. The van der Waals surface area contributed by atoms with Gasteiger partial charge in [0, 0.05) is 11.5 Å². The summed E-state index contributed by atoms with van der Waals surface area (Å²) in [5, 5.41) is 7.27. The van der Waals surface area contributed by atoms with Crippen LogP contribution < -0.4 is 5.32 Å². The second kappa shape index (κ2) is 5.09. The lowest BCUT2D eigenvalue weighted by atomic mass is 9.98. The number of halogens is 1. The number of nitrogens with one attached hydrogen (secondary N) is 1. The van der Waals surface area contributed by atoms with Crippen molar-refractivity contribution in [3.05, 3.63) is 35.5 Å². The number of aryl methyl sites for hydroxylation is 1. The second-order valence-electron chi connectivity index (χ2n) is 5.00. The van der Waals surface area contributed by atoms with Gasteiger partial charge in [0.2, 0.25) is 11.7 Å². The lowest BCUT2D eigenvalue weighted by Gasteiger charge is -2.18. The number of hydrogen-bond acceptors (Lipinski definition) is 4. The molecule has 0 unspecified atom stereocenters. The van der Waals surface area contributed by atoms with Gasteiger partial charge in [-0.25, -0.2) is 4.39 Å². The maximum atomic E-state index is 13.4. The molecule has 1 N–H and O–H groups in total. The quantitative estimate of drug-likeness (QED) is 0.903. The number of hydrogen-bond donors (Lipinski definition) is 1. The first-order chi connectivity index (χ1) is 9.22. The average Bonchev–Trinajstić information content (AvgIpc) is 2.88. The highest BCUT2D eigenvalue weighted by Gasteiger charge is 2.21. The molecule has 2 aromatic rings. The third kappa shape index (κ3) is 2.66. The summed E-state index contributed by atoms with van der Waals surface area (Å²) in [6.07, 6.45) is 2.01. The highest BCUT2D eigenvalue weighted by atomic mass is 19.1. The van der Waals surface area contributed by atoms with E-state index in [0.717, 1.165) is 31.5 Å². The van der Waals surface area contributed by atoms with Crippen molar-refractivity contribution in [2.45, 2.75) is 25.7 Å². The standard InChI is InChI=1S/C14H16FN3O/c1-9-6-11(8-12(15)7-9)13-17-14(19-18-13)10-2-4-16-5-3-10/h6-8,10,16H,2-5H2,1H3. The molecule has 1 aromatic carbocycles. The van der Waals surface area contributed by atoms with Crippen LogP contribution in [0.2, 0.25) is 0 Å². The van der Waals surface area contributed by atoms with Crippen LogP contribution in [0.25, 0.3) is 11.4 Å². The summed E-state index contributed by atoms with van der Waals surface area (Å²) in [6.45, 7) is 3.79. The summed E-state index contributed by atoms with van der Waals surface area (Å²) < 4.78 is 18.7. The molecule has 1 aliphatic heterocycles. The van der Waals surface area contributed by atoms with Gasteiger partial charge in [0.05, 0.1) is 0 Å². The molecule has 2 heterocycles. The largest absolute Gasteiger partial charge is 0.339 e. The Morgan fingerprint density at radius 2 is 2.05 bits per heavy atom. The summed E-state index contributed by atoms with van der Waals surface area (Å²) in [7, 11) is 0. The molecule has 1 fully saturated rings. The van der Waals surface area contributed by atoms with Gasteiger partial charge in [-0.05, 0) is 56.6 Å². The van der Waals surface area contributed by atoms with Crippen molar-refractivity contribution < 1.29 is 8.91 Å². The first-order valence-electron chi connectivity index (χ1n) is 6.54. The number of nitrogens with zero attached hydrogens (tertiary/aromatic N) is 2. The van der Waals surface area contributed by atoms with Crippen LogP contribution in [0.3, 0.4) is 0 Å². The van der Waals surface area contributed by atoms with Crippen molar-refractivity contribution in [3.63, 3.8) is 0 Å². The van der Waals surface area contributed by atoms with Crippen LogP contribution in [0.5, 0.6) is 0 Å². The van der Waals surface area contributed by atoms with Crippen LogP contribution in [0.1, 0.15) is 30.2 Å². The monoisotopic (exact) mass is 261 g/mol. The molecule has 0 aliphatic carbocycles. The summed E-state index contributed by atoms with van der Waals surface area (Å²) in [4.78, 5) is 4.41. The molecule has 1 aliphatic rings. The first-order valence-corrected chi connectivity index (χ1v) is 6.54. The molecule has 1 saturated heterocycles. The lowest BCUT2D eigenvalue weighted by molar-refractivity contribution is 0.320. The van der Waals surface area contributed by atoms with Gasteiger partial charge in [-0.15, -0.1) is 0 Å². The molecule has 0 amide bonds. The normalized spacial score (nSPS) is 16.7. The molecule has 19 heavy (non-hydrogen) atoms. The second-order valence-corrected chi connectivity index (χ2v) is 5.00. The van der Waals surface area contributed by atoms with E-state index in [1.807, 2.05) is 13.0 Å². The van der Waals surface area contributed by atoms with Crippen molar-refractivity contribution in [1.82, 2.24) is 15.5 Å². The van der Waals surface area contributed by atoms with Gasteiger partial charge in [0.25, 0.3) is 0 Å². The fraction of sp³-hybridized carbons (Fsp3) is 0.429. The highest BCUT2D eigenvalue weighted by molar-refractivity contribution is 5.55. The summed E-state index contributed by atoms with van der Waals surface area (Å²) in [5.74, 6) is 1.18. The Labute approximate surface area is 111 Å². The summed E-state index contributed by atoms with van der Waals surface area (Å²) >= 11 is 0. The Morgan fingerprint density at radius 3 is 2.79 bits per heavy atom. The van der Waals surface area contributed by atoms with Crippen molar-refractivity contribution in [1.29, 1.82) is 0 Å². The van der Waals surface area contributed by atoms with Crippen LogP contribution in [-0.2, 0) is 0 Å². The van der Waals surface area contributed by atoms with Crippen LogP contribution in [0, 0.1) is 12.7 Å². The van der Waals surface area contributed by atoms with E-state index in [-0.39, 0.29) is 5.82 Å². The maximum Gasteiger partial charge on any atom is 0.230 e. The van der Waals surface area contributed by atoms with Crippen LogP contribution in [0.4, 0.5) is 4.39 Å². The van der Waals surface area contributed by atoms with Gasteiger partial charge in [0.15, 0.2) is 0 Å². The molecule has 5 heteroatoms. The first kappa shape index (κ1) is 12.3. The maximum absolute atomic E-state index is 13.4. The molecule has 4 nitrogen and oxygen atoms in total. The number of rotatable bonds is 2. The van der Waals surface area contributed by atoms with Crippen molar-refractivity contribution in [3.8, 4) is 11.4 Å². The minimum Gasteiger partial charge on any atom is -0.339 e. The van der Waals surface area contributed by atoms with E-state index in [2.05, 4.69) is 15.5 Å². The molecule has 100 valence electrons. The highest BCUT2D eigenvalue weighted by Crippen LogP contribution is 2.26. The molecular formula is C14H16FN3O. The van der Waals surface area contributed by atoms with E-state index in [1.165, 1.54) is 12.1 Å². The smallest absolute Gasteiger partial charge is 0.230 e. The fourth-order valence-corrected chi connectivity index (χ4v) is 2.45. The Morgan fingerprint density at radius 1 is 1.26 bits per heavy atom. The minimum absolute atomic E-state index is 0.275. The topological polar surface area (TPSA) is 51.0 Å². The van der Waals surface area contributed by atoms with Gasteiger partial charge < -0.3 is 9.84 Å². The Hall–Kier alpha value is -1.75. The van der Waals surface area contributed by atoms with E-state index in [0.29, 0.717) is 23.2 Å². The summed E-state index contributed by atoms with van der Waals surface area (Å²) in [6, 6.07) is 4.78. The Balaban J connectivity index is 1.87. The van der Waals surface area contributed by atoms with Crippen LogP contribution >= 0.6 is 0 Å². The zero-order valence-corrected chi connectivity index (χ0v) is 10.8. The zero-order chi connectivity index (χ0) is 13.2. The molecule has 1 aromatic heterocycles. The number of piperidine rings is 1. The van der Waals surface area contributed by atoms with Gasteiger partial charge in [-0.3, -0.25) is 0 Å². The predicted octanol–water partition coefficient (Wildman–Crippen LogP) is 2.65. The molecule has 0 saturated carbocycles. The van der Waals surface area contributed by atoms with E-state index in [9.17, 15) is 4.39 Å². The van der Waals surface area contributed by atoms with Gasteiger partial charge in [-0.2, -0.15) is 4.98 Å². The molecule has 0 bridgehead atoms. The number of aromatic nitrogens is 2. The van der Waals surface area contributed by atoms with E-state index in [1.54, 1.807) is 0 Å². The number of benzene rings is 1. The molecular weight excluding hydrogens is 245 g/mol. The van der Waals surface area contributed by atoms with Crippen molar-refractivity contribution in [2.75, 3.05) is 13.1 Å². The fourth-order valence-electron chi connectivity index (χ4n) is 2.45. The average molecular weight is 261 g/mol. The zero-order valence-electron chi connectivity index (χ0n) is 10.8. The third-order valence-electron chi connectivity index (χ3n) is 3.43. The van der Waals surface area contributed by atoms with E-state index in [4.69, 9.17) is 4.52 Å². The van der Waals surface area contributed by atoms with E-state index < -0.39 is 0 Å². The van der Waals surface area contributed by atoms with Crippen LogP contribution in [0.15, 0.2) is 22.7 Å². The van der Waals surface area contributed by atoms with Gasteiger partial charge >= 0.3 is 0 Å². The molecule has 0 atom stereocenters. The van der Waals surface area contributed by atoms with Crippen molar-refractivity contribution >= 4 is 0 Å². The SMILES string of the molecule is Cc1cc(F)cc(-c2noc(C3CCNCC3)n2)c1. The lowest BCUT2D eigenvalue weighted by Crippen LogP contribution is -2.26. The molecule has 3 rings (SSSR count). The third-order valence-corrected chi connectivity index (χ3v) is 3.43. The van der Waals surface area contributed by atoms with Crippen LogP contribution in [-0.4, -0.2) is 23.2 Å². The van der Waals surface area contributed by atoms with Crippen molar-refractivity contribution in [2.24, 2.45) is 0 Å². The van der Waals surface area contributed by atoms with Gasteiger partial charge in [0.1, 0.15) is 5.82 Å². The Bertz CT molecular complexity index is 556. The molecule has 0 spiro atoms. The van der Waals surface area contributed by atoms with E-state index >= 15 is 0 Å². The van der Waals surface area contributed by atoms with Gasteiger partial charge in [-0.1, -0.05) is 5.16 Å². The Kier molecular flexibility index (Phi) is 3.29. The minimum atomic E-state index is -0.275. The molecule has 0 radical (unpaired) electrons.